The number of unbranched alkanes of at least 4 members (excludes halogenated alkanes) is 2. The molecule has 0 fully saturated rings. The van der Waals surface area contributed by atoms with Crippen molar-refractivity contribution in [3.8, 4) is 0 Å². The summed E-state index contributed by atoms with van der Waals surface area (Å²) in [6.07, 6.45) is 3.38. The van der Waals surface area contributed by atoms with Crippen molar-refractivity contribution in [1.29, 1.82) is 0 Å². The SMILES string of the molecule is COCCCCCNCCF. The summed E-state index contributed by atoms with van der Waals surface area (Å²) in [4.78, 5) is 0. The monoisotopic (exact) mass is 163 g/mol. The molecule has 2 nitrogen and oxygen atoms in total. The van der Waals surface area contributed by atoms with E-state index < -0.39 is 0 Å². The van der Waals surface area contributed by atoms with Gasteiger partial charge in [-0.05, 0) is 25.8 Å². The van der Waals surface area contributed by atoms with Crippen LogP contribution in [0.3, 0.4) is 0 Å². The first-order valence-corrected chi connectivity index (χ1v) is 4.17. The van der Waals surface area contributed by atoms with E-state index in [2.05, 4.69) is 5.32 Å². The number of rotatable bonds is 8. The molecule has 0 aliphatic heterocycles. The van der Waals surface area contributed by atoms with Gasteiger partial charge in [-0.3, -0.25) is 0 Å². The maximum absolute atomic E-state index is 11.5. The first-order chi connectivity index (χ1) is 5.41. The number of hydrogen-bond donors (Lipinski definition) is 1. The zero-order chi connectivity index (χ0) is 8.36. The molecule has 0 aliphatic rings. The summed E-state index contributed by atoms with van der Waals surface area (Å²) in [6.45, 7) is 1.99. The van der Waals surface area contributed by atoms with E-state index in [1.165, 1.54) is 0 Å². The number of methoxy groups -OCH3 is 1. The van der Waals surface area contributed by atoms with E-state index in [0.717, 1.165) is 32.4 Å². The molecule has 0 aromatic rings. The largest absolute Gasteiger partial charge is 0.385 e. The van der Waals surface area contributed by atoms with Gasteiger partial charge < -0.3 is 10.1 Å². The minimum absolute atomic E-state index is 0.266. The predicted octanol–water partition coefficient (Wildman–Crippen LogP) is 1.36. The van der Waals surface area contributed by atoms with Crippen LogP contribution in [0.1, 0.15) is 19.3 Å². The lowest BCUT2D eigenvalue weighted by molar-refractivity contribution is 0.192. The topological polar surface area (TPSA) is 21.3 Å². The Morgan fingerprint density at radius 2 is 2.00 bits per heavy atom. The highest BCUT2D eigenvalue weighted by Gasteiger charge is 1.88. The Balaban J connectivity index is 2.69. The maximum Gasteiger partial charge on any atom is 0.102 e. The molecular weight excluding hydrogens is 145 g/mol. The van der Waals surface area contributed by atoms with Crippen LogP contribution in [-0.4, -0.2) is 33.5 Å². The van der Waals surface area contributed by atoms with Crippen molar-refractivity contribution in [2.45, 2.75) is 19.3 Å². The van der Waals surface area contributed by atoms with E-state index in [9.17, 15) is 4.39 Å². The molecule has 0 aromatic carbocycles. The normalized spacial score (nSPS) is 10.4. The Morgan fingerprint density at radius 3 is 2.64 bits per heavy atom. The molecule has 0 bridgehead atoms. The van der Waals surface area contributed by atoms with Crippen LogP contribution in [0.5, 0.6) is 0 Å². The van der Waals surface area contributed by atoms with Crippen molar-refractivity contribution in [3.05, 3.63) is 0 Å². The summed E-state index contributed by atoms with van der Waals surface area (Å²) in [5.74, 6) is 0. The zero-order valence-corrected chi connectivity index (χ0v) is 7.24. The Hall–Kier alpha value is -0.150. The Morgan fingerprint density at radius 1 is 1.18 bits per heavy atom. The standard InChI is InChI=1S/C8H18FNO/c1-11-8-4-2-3-6-10-7-5-9/h10H,2-8H2,1H3. The van der Waals surface area contributed by atoms with Crippen molar-refractivity contribution >= 4 is 0 Å². The first-order valence-electron chi connectivity index (χ1n) is 4.17. The van der Waals surface area contributed by atoms with Crippen LogP contribution in [0.4, 0.5) is 4.39 Å². The highest BCUT2D eigenvalue weighted by Crippen LogP contribution is 1.93. The average molecular weight is 163 g/mol. The smallest absolute Gasteiger partial charge is 0.102 e. The second-order valence-electron chi connectivity index (χ2n) is 2.49. The molecular formula is C8H18FNO. The van der Waals surface area contributed by atoms with Gasteiger partial charge in [-0.15, -0.1) is 0 Å². The summed E-state index contributed by atoms with van der Waals surface area (Å²) in [5.41, 5.74) is 0. The summed E-state index contributed by atoms with van der Waals surface area (Å²) in [6, 6.07) is 0. The molecule has 0 radical (unpaired) electrons. The fraction of sp³-hybridized carbons (Fsp3) is 1.00. The second-order valence-corrected chi connectivity index (χ2v) is 2.49. The van der Waals surface area contributed by atoms with Crippen molar-refractivity contribution in [2.24, 2.45) is 0 Å². The summed E-state index contributed by atoms with van der Waals surface area (Å²) >= 11 is 0. The minimum atomic E-state index is -0.266. The summed E-state index contributed by atoms with van der Waals surface area (Å²) < 4.78 is 16.4. The van der Waals surface area contributed by atoms with E-state index in [4.69, 9.17) is 4.74 Å². The summed E-state index contributed by atoms with van der Waals surface area (Å²) in [7, 11) is 1.71. The van der Waals surface area contributed by atoms with Gasteiger partial charge in [0.25, 0.3) is 0 Å². The number of halogens is 1. The van der Waals surface area contributed by atoms with Gasteiger partial charge in [0, 0.05) is 20.3 Å². The highest BCUT2D eigenvalue weighted by atomic mass is 19.1. The first kappa shape index (κ1) is 10.8. The third-order valence-corrected chi connectivity index (χ3v) is 1.47. The second kappa shape index (κ2) is 9.85. The molecule has 0 unspecified atom stereocenters. The predicted molar refractivity (Wildman–Crippen MR) is 44.6 cm³/mol. The molecule has 0 heterocycles. The van der Waals surface area contributed by atoms with Crippen molar-refractivity contribution in [2.75, 3.05) is 33.5 Å². The van der Waals surface area contributed by atoms with Gasteiger partial charge in [-0.25, -0.2) is 4.39 Å². The lowest BCUT2D eigenvalue weighted by atomic mass is 10.2. The Bertz CT molecular complexity index is 63.1. The van der Waals surface area contributed by atoms with Crippen LogP contribution in [0.25, 0.3) is 0 Å². The van der Waals surface area contributed by atoms with Crippen molar-refractivity contribution < 1.29 is 9.13 Å². The van der Waals surface area contributed by atoms with Gasteiger partial charge in [0.15, 0.2) is 0 Å². The molecule has 0 aliphatic carbocycles. The van der Waals surface area contributed by atoms with Gasteiger partial charge in [0.1, 0.15) is 6.67 Å². The van der Waals surface area contributed by atoms with Crippen molar-refractivity contribution in [3.63, 3.8) is 0 Å². The van der Waals surface area contributed by atoms with E-state index in [0.29, 0.717) is 6.54 Å². The van der Waals surface area contributed by atoms with E-state index in [1.807, 2.05) is 0 Å². The van der Waals surface area contributed by atoms with Crippen molar-refractivity contribution in [1.82, 2.24) is 5.32 Å². The van der Waals surface area contributed by atoms with Crippen LogP contribution in [0.2, 0.25) is 0 Å². The fourth-order valence-corrected chi connectivity index (χ4v) is 0.865. The lowest BCUT2D eigenvalue weighted by Gasteiger charge is -2.01. The van der Waals surface area contributed by atoms with Gasteiger partial charge in [0.2, 0.25) is 0 Å². The molecule has 68 valence electrons. The molecule has 0 spiro atoms. The van der Waals surface area contributed by atoms with Gasteiger partial charge in [0.05, 0.1) is 0 Å². The fourth-order valence-electron chi connectivity index (χ4n) is 0.865. The van der Waals surface area contributed by atoms with E-state index in [1.54, 1.807) is 7.11 Å². The zero-order valence-electron chi connectivity index (χ0n) is 7.24. The highest BCUT2D eigenvalue weighted by molar-refractivity contribution is 4.47. The summed E-state index contributed by atoms with van der Waals surface area (Å²) in [5, 5.41) is 3.00. The molecule has 0 aromatic heterocycles. The van der Waals surface area contributed by atoms with E-state index >= 15 is 0 Å². The molecule has 11 heavy (non-hydrogen) atoms. The molecule has 0 rings (SSSR count). The average Bonchev–Trinajstić information content (AvgIpc) is 2.03. The van der Waals surface area contributed by atoms with Crippen LogP contribution in [0.15, 0.2) is 0 Å². The molecule has 0 saturated heterocycles. The van der Waals surface area contributed by atoms with Gasteiger partial charge in [-0.1, -0.05) is 0 Å². The third-order valence-electron chi connectivity index (χ3n) is 1.47. The lowest BCUT2D eigenvalue weighted by Crippen LogP contribution is -2.17. The number of ether oxygens (including phenoxy) is 1. The quantitative estimate of drug-likeness (QED) is 0.545. The number of alkyl halides is 1. The molecule has 0 saturated carbocycles. The number of nitrogens with one attached hydrogen (secondary N) is 1. The van der Waals surface area contributed by atoms with Crippen LogP contribution in [-0.2, 0) is 4.74 Å². The number of hydrogen-bond acceptors (Lipinski definition) is 2. The Kier molecular flexibility index (Phi) is 9.72. The Labute approximate surface area is 68.1 Å². The van der Waals surface area contributed by atoms with Crippen LogP contribution >= 0.6 is 0 Å². The molecule has 1 N–H and O–H groups in total. The van der Waals surface area contributed by atoms with Crippen LogP contribution < -0.4 is 5.32 Å². The minimum Gasteiger partial charge on any atom is -0.385 e. The van der Waals surface area contributed by atoms with Gasteiger partial charge >= 0.3 is 0 Å². The molecule has 0 amide bonds. The molecule has 3 heteroatoms. The third kappa shape index (κ3) is 9.85. The van der Waals surface area contributed by atoms with E-state index in [-0.39, 0.29) is 6.67 Å². The van der Waals surface area contributed by atoms with Crippen LogP contribution in [0, 0.1) is 0 Å². The maximum atomic E-state index is 11.5. The van der Waals surface area contributed by atoms with Gasteiger partial charge in [-0.2, -0.15) is 0 Å². The molecule has 0 atom stereocenters.